The van der Waals surface area contributed by atoms with Crippen LogP contribution in [0.2, 0.25) is 4.34 Å². The second kappa shape index (κ2) is 4.39. The number of aromatic nitrogens is 1. The monoisotopic (exact) mass is 217 g/mol. The predicted octanol–water partition coefficient (Wildman–Crippen LogP) is 2.67. The number of hydrogen-bond donors (Lipinski definition) is 1. The summed E-state index contributed by atoms with van der Waals surface area (Å²) in [6.45, 7) is 1.79. The predicted molar refractivity (Wildman–Crippen MR) is 53.0 cm³/mol. The van der Waals surface area contributed by atoms with Crippen molar-refractivity contribution in [2.45, 2.75) is 13.3 Å². The van der Waals surface area contributed by atoms with Crippen molar-refractivity contribution >= 4 is 35.0 Å². The van der Waals surface area contributed by atoms with E-state index in [0.29, 0.717) is 21.3 Å². The van der Waals surface area contributed by atoms with Crippen LogP contribution >= 0.6 is 22.9 Å². The van der Waals surface area contributed by atoms with Crippen LogP contribution in [0, 0.1) is 0 Å². The normalized spacial score (nSPS) is 11.7. The largest absolute Gasteiger partial charge is 0.478 e. The Kier molecular flexibility index (Phi) is 3.45. The Morgan fingerprint density at radius 1 is 1.85 bits per heavy atom. The van der Waals surface area contributed by atoms with Gasteiger partial charge in [-0.25, -0.2) is 9.78 Å². The maximum atomic E-state index is 10.6. The topological polar surface area (TPSA) is 50.2 Å². The van der Waals surface area contributed by atoms with Crippen LogP contribution in [0.1, 0.15) is 18.4 Å². The molecule has 70 valence electrons. The second-order valence-electron chi connectivity index (χ2n) is 2.33. The average molecular weight is 218 g/mol. The van der Waals surface area contributed by atoms with Gasteiger partial charge in [0.2, 0.25) is 0 Å². The van der Waals surface area contributed by atoms with Crippen LogP contribution in [0.15, 0.2) is 11.8 Å². The third kappa shape index (κ3) is 2.82. The number of thiazole rings is 1. The molecule has 0 fully saturated rings. The number of carboxylic acid groups (broad SMARTS) is 1. The Hall–Kier alpha value is -0.870. The zero-order valence-corrected chi connectivity index (χ0v) is 8.52. The van der Waals surface area contributed by atoms with Crippen LogP contribution in [-0.2, 0) is 4.79 Å². The van der Waals surface area contributed by atoms with Gasteiger partial charge < -0.3 is 5.11 Å². The van der Waals surface area contributed by atoms with E-state index in [-0.39, 0.29) is 0 Å². The van der Waals surface area contributed by atoms with Gasteiger partial charge in [0.05, 0.1) is 6.20 Å². The van der Waals surface area contributed by atoms with Gasteiger partial charge in [-0.2, -0.15) is 0 Å². The van der Waals surface area contributed by atoms with Crippen LogP contribution in [-0.4, -0.2) is 16.1 Å². The van der Waals surface area contributed by atoms with Crippen molar-refractivity contribution in [1.82, 2.24) is 4.98 Å². The molecule has 1 aromatic rings. The summed E-state index contributed by atoms with van der Waals surface area (Å²) in [4.78, 5) is 14.6. The lowest BCUT2D eigenvalue weighted by Crippen LogP contribution is -1.98. The lowest BCUT2D eigenvalue weighted by atomic mass is 10.2. The van der Waals surface area contributed by atoms with Gasteiger partial charge in [-0.3, -0.25) is 0 Å². The molecule has 3 nitrogen and oxygen atoms in total. The summed E-state index contributed by atoms with van der Waals surface area (Å²) in [5, 5.41) is 9.35. The molecule has 0 amide bonds. The minimum atomic E-state index is -0.908. The summed E-state index contributed by atoms with van der Waals surface area (Å²) in [5.41, 5.74) is 0.339. The Morgan fingerprint density at radius 2 is 2.54 bits per heavy atom. The molecule has 0 radical (unpaired) electrons. The van der Waals surface area contributed by atoms with Crippen molar-refractivity contribution < 1.29 is 9.90 Å². The van der Waals surface area contributed by atoms with Crippen LogP contribution in [0.3, 0.4) is 0 Å². The van der Waals surface area contributed by atoms with E-state index in [1.165, 1.54) is 17.5 Å². The molecule has 5 heteroatoms. The SMILES string of the molecule is CC/C(=C\c1ncc(Cl)s1)C(=O)O. The third-order valence-corrected chi connectivity index (χ3v) is 2.51. The van der Waals surface area contributed by atoms with Crippen LogP contribution in [0.5, 0.6) is 0 Å². The molecule has 0 aliphatic carbocycles. The molecule has 1 rings (SSSR count). The van der Waals surface area contributed by atoms with Gasteiger partial charge in [-0.05, 0) is 12.5 Å². The standard InChI is InChI=1S/C8H8ClNO2S/c1-2-5(8(11)12)3-7-10-4-6(9)13-7/h3-4H,2H2,1H3,(H,11,12)/b5-3+. The molecule has 0 saturated heterocycles. The molecule has 13 heavy (non-hydrogen) atoms. The summed E-state index contributed by atoms with van der Waals surface area (Å²) in [5.74, 6) is -0.908. The van der Waals surface area contributed by atoms with Gasteiger partial charge in [-0.15, -0.1) is 11.3 Å². The van der Waals surface area contributed by atoms with Crippen molar-refractivity contribution in [2.75, 3.05) is 0 Å². The van der Waals surface area contributed by atoms with Crippen molar-refractivity contribution in [3.8, 4) is 0 Å². The van der Waals surface area contributed by atoms with Crippen molar-refractivity contribution in [1.29, 1.82) is 0 Å². The maximum Gasteiger partial charge on any atom is 0.331 e. The van der Waals surface area contributed by atoms with Crippen molar-refractivity contribution in [2.24, 2.45) is 0 Å². The number of carboxylic acids is 1. The van der Waals surface area contributed by atoms with Crippen LogP contribution < -0.4 is 0 Å². The van der Waals surface area contributed by atoms with E-state index >= 15 is 0 Å². The lowest BCUT2D eigenvalue weighted by molar-refractivity contribution is -0.132. The quantitative estimate of drug-likeness (QED) is 0.792. The maximum absolute atomic E-state index is 10.6. The van der Waals surface area contributed by atoms with E-state index in [2.05, 4.69) is 4.98 Å². The van der Waals surface area contributed by atoms with Gasteiger partial charge >= 0.3 is 5.97 Å². The lowest BCUT2D eigenvalue weighted by Gasteiger charge is -1.93. The highest BCUT2D eigenvalue weighted by atomic mass is 35.5. The van der Waals surface area contributed by atoms with E-state index in [9.17, 15) is 4.79 Å². The fraction of sp³-hybridized carbons (Fsp3) is 0.250. The van der Waals surface area contributed by atoms with Gasteiger partial charge in [0.1, 0.15) is 9.34 Å². The third-order valence-electron chi connectivity index (χ3n) is 1.45. The Morgan fingerprint density at radius 3 is 2.92 bits per heavy atom. The van der Waals surface area contributed by atoms with Crippen LogP contribution in [0.4, 0.5) is 0 Å². The summed E-state index contributed by atoms with van der Waals surface area (Å²) < 4.78 is 0.562. The zero-order valence-electron chi connectivity index (χ0n) is 6.95. The van der Waals surface area contributed by atoms with Gasteiger partial charge in [-0.1, -0.05) is 18.5 Å². The van der Waals surface area contributed by atoms with E-state index < -0.39 is 5.97 Å². The van der Waals surface area contributed by atoms with Crippen molar-refractivity contribution in [3.63, 3.8) is 0 Å². The van der Waals surface area contributed by atoms with E-state index in [1.807, 2.05) is 0 Å². The van der Waals surface area contributed by atoms with Gasteiger partial charge in [0.25, 0.3) is 0 Å². The highest BCUT2D eigenvalue weighted by Gasteiger charge is 2.05. The molecule has 0 aromatic carbocycles. The number of rotatable bonds is 3. The smallest absolute Gasteiger partial charge is 0.331 e. The molecule has 0 saturated carbocycles. The molecule has 1 N–H and O–H groups in total. The summed E-state index contributed by atoms with van der Waals surface area (Å²) in [6.07, 6.45) is 3.53. The summed E-state index contributed by atoms with van der Waals surface area (Å²) in [6, 6.07) is 0. The summed E-state index contributed by atoms with van der Waals surface area (Å²) in [7, 11) is 0. The van der Waals surface area contributed by atoms with E-state index in [4.69, 9.17) is 16.7 Å². The first-order chi connectivity index (χ1) is 6.13. The first-order valence-corrected chi connectivity index (χ1v) is 4.88. The minimum Gasteiger partial charge on any atom is -0.478 e. The number of aliphatic carboxylic acids is 1. The number of hydrogen-bond acceptors (Lipinski definition) is 3. The molecule has 0 unspecified atom stereocenters. The first kappa shape index (κ1) is 10.2. The second-order valence-corrected chi connectivity index (χ2v) is 4.02. The first-order valence-electron chi connectivity index (χ1n) is 3.68. The van der Waals surface area contributed by atoms with Crippen LogP contribution in [0.25, 0.3) is 6.08 Å². The highest BCUT2D eigenvalue weighted by molar-refractivity contribution is 7.16. The molecule has 0 bridgehead atoms. The molecule has 0 spiro atoms. The Bertz CT molecular complexity index is 346. The zero-order chi connectivity index (χ0) is 9.84. The molecule has 1 aromatic heterocycles. The van der Waals surface area contributed by atoms with Gasteiger partial charge in [0, 0.05) is 5.57 Å². The van der Waals surface area contributed by atoms with Gasteiger partial charge in [0.15, 0.2) is 0 Å². The summed E-state index contributed by atoms with van der Waals surface area (Å²) >= 11 is 6.91. The number of nitrogens with zero attached hydrogens (tertiary/aromatic N) is 1. The molecular weight excluding hydrogens is 210 g/mol. The average Bonchev–Trinajstić information content (AvgIpc) is 2.46. The number of halogens is 1. The number of carbonyl (C=O) groups is 1. The molecule has 0 atom stereocenters. The molecular formula is C8H8ClNO2S. The molecule has 0 aliphatic rings. The Balaban J connectivity index is 2.91. The fourth-order valence-electron chi connectivity index (χ4n) is 0.798. The highest BCUT2D eigenvalue weighted by Crippen LogP contribution is 2.21. The van der Waals surface area contributed by atoms with E-state index in [1.54, 1.807) is 13.0 Å². The fourth-order valence-corrected chi connectivity index (χ4v) is 1.70. The van der Waals surface area contributed by atoms with E-state index in [0.717, 1.165) is 0 Å². The molecule has 1 heterocycles. The Labute approximate surface area is 84.7 Å². The molecule has 0 aliphatic heterocycles. The van der Waals surface area contributed by atoms with Crippen molar-refractivity contribution in [3.05, 3.63) is 21.1 Å². The minimum absolute atomic E-state index is 0.339.